The second-order valence-electron chi connectivity index (χ2n) is 3.71. The van der Waals surface area contributed by atoms with Crippen LogP contribution < -0.4 is 5.69 Å². The van der Waals surface area contributed by atoms with E-state index in [4.69, 9.17) is 16.7 Å². The summed E-state index contributed by atoms with van der Waals surface area (Å²) in [5.74, 6) is 0. The summed E-state index contributed by atoms with van der Waals surface area (Å²) in [6.07, 6.45) is 0. The van der Waals surface area contributed by atoms with Crippen molar-refractivity contribution in [3.05, 3.63) is 50.1 Å². The molecule has 0 unspecified atom stereocenters. The van der Waals surface area contributed by atoms with Gasteiger partial charge in [0.05, 0.1) is 19.7 Å². The fourth-order valence-electron chi connectivity index (χ4n) is 1.57. The predicted octanol–water partition coefficient (Wildman–Crippen LogP) is 1.50. The van der Waals surface area contributed by atoms with Gasteiger partial charge in [-0.05, 0) is 33.6 Å². The van der Waals surface area contributed by atoms with Gasteiger partial charge in [-0.1, -0.05) is 23.7 Å². The van der Waals surface area contributed by atoms with Crippen molar-refractivity contribution >= 4 is 27.5 Å². The third-order valence-corrected chi connectivity index (χ3v) is 3.29. The number of hydrogen-bond donors (Lipinski definition) is 1. The van der Waals surface area contributed by atoms with E-state index in [1.807, 2.05) is 12.1 Å². The smallest absolute Gasteiger partial charge is 0.347 e. The summed E-state index contributed by atoms with van der Waals surface area (Å²) >= 11 is 8.99. The SMILES string of the molecule is O=c1n(Cc2ccc(Cl)cc2)nc(Br)n1CCO. The van der Waals surface area contributed by atoms with E-state index < -0.39 is 0 Å². The maximum atomic E-state index is 11.9. The molecule has 0 aliphatic rings. The van der Waals surface area contributed by atoms with Gasteiger partial charge in [0.15, 0.2) is 0 Å². The van der Waals surface area contributed by atoms with E-state index in [1.54, 1.807) is 12.1 Å². The highest BCUT2D eigenvalue weighted by Crippen LogP contribution is 2.10. The molecule has 0 saturated carbocycles. The van der Waals surface area contributed by atoms with Gasteiger partial charge in [-0.25, -0.2) is 9.48 Å². The van der Waals surface area contributed by atoms with E-state index in [0.717, 1.165) is 5.56 Å². The summed E-state index contributed by atoms with van der Waals surface area (Å²) in [5.41, 5.74) is 0.675. The maximum Gasteiger partial charge on any atom is 0.347 e. The highest BCUT2D eigenvalue weighted by molar-refractivity contribution is 9.10. The normalized spacial score (nSPS) is 10.8. The molecule has 0 spiro atoms. The van der Waals surface area contributed by atoms with Crippen molar-refractivity contribution in [2.45, 2.75) is 13.1 Å². The van der Waals surface area contributed by atoms with E-state index >= 15 is 0 Å². The number of aliphatic hydroxyl groups excluding tert-OH is 1. The van der Waals surface area contributed by atoms with Crippen LogP contribution in [0.15, 0.2) is 33.8 Å². The van der Waals surface area contributed by atoms with Crippen molar-refractivity contribution in [1.82, 2.24) is 14.3 Å². The summed E-state index contributed by atoms with van der Waals surface area (Å²) in [6.45, 7) is 0.484. The van der Waals surface area contributed by atoms with Crippen molar-refractivity contribution in [2.24, 2.45) is 0 Å². The first-order chi connectivity index (χ1) is 8.61. The van der Waals surface area contributed by atoms with Gasteiger partial charge >= 0.3 is 5.69 Å². The number of aromatic nitrogens is 3. The molecule has 0 radical (unpaired) electrons. The molecule has 7 heteroatoms. The fourth-order valence-corrected chi connectivity index (χ4v) is 2.21. The average Bonchev–Trinajstić information content (AvgIpc) is 2.60. The Labute approximate surface area is 117 Å². The van der Waals surface area contributed by atoms with Crippen LogP contribution >= 0.6 is 27.5 Å². The first-order valence-electron chi connectivity index (χ1n) is 5.30. The molecule has 0 aliphatic heterocycles. The first-order valence-corrected chi connectivity index (χ1v) is 6.47. The molecule has 18 heavy (non-hydrogen) atoms. The van der Waals surface area contributed by atoms with Gasteiger partial charge in [0, 0.05) is 5.02 Å². The summed E-state index contributed by atoms with van der Waals surface area (Å²) in [6, 6.07) is 7.21. The number of nitrogens with zero attached hydrogens (tertiary/aromatic N) is 3. The van der Waals surface area contributed by atoms with E-state index in [-0.39, 0.29) is 18.8 Å². The zero-order valence-corrected chi connectivity index (χ0v) is 11.7. The van der Waals surface area contributed by atoms with Gasteiger partial charge in [-0.15, -0.1) is 5.10 Å². The Bertz CT molecular complexity index is 591. The first kappa shape index (κ1) is 13.3. The molecule has 0 atom stereocenters. The Morgan fingerprint density at radius 3 is 2.61 bits per heavy atom. The number of halogens is 2. The molecule has 0 saturated heterocycles. The third-order valence-electron chi connectivity index (χ3n) is 2.45. The lowest BCUT2D eigenvalue weighted by Crippen LogP contribution is -2.26. The second-order valence-corrected chi connectivity index (χ2v) is 4.86. The topological polar surface area (TPSA) is 60.0 Å². The summed E-state index contributed by atoms with van der Waals surface area (Å²) in [7, 11) is 0. The Kier molecular flexibility index (Phi) is 4.21. The van der Waals surface area contributed by atoms with Crippen LogP contribution in [0.2, 0.25) is 5.02 Å². The lowest BCUT2D eigenvalue weighted by atomic mass is 10.2. The van der Waals surface area contributed by atoms with Crippen molar-refractivity contribution in [3.8, 4) is 0 Å². The van der Waals surface area contributed by atoms with Crippen LogP contribution in [0.4, 0.5) is 0 Å². The molecule has 96 valence electrons. The molecular formula is C11H11BrClN3O2. The molecule has 2 rings (SSSR count). The van der Waals surface area contributed by atoms with Crippen LogP contribution in [-0.2, 0) is 13.1 Å². The molecule has 1 heterocycles. The molecule has 0 aliphatic carbocycles. The van der Waals surface area contributed by atoms with E-state index in [2.05, 4.69) is 21.0 Å². The van der Waals surface area contributed by atoms with Gasteiger partial charge in [-0.2, -0.15) is 0 Å². The minimum Gasteiger partial charge on any atom is -0.395 e. The quantitative estimate of drug-likeness (QED) is 0.923. The Morgan fingerprint density at radius 1 is 1.33 bits per heavy atom. The van der Waals surface area contributed by atoms with Gasteiger partial charge in [-0.3, -0.25) is 4.57 Å². The largest absolute Gasteiger partial charge is 0.395 e. The van der Waals surface area contributed by atoms with Crippen LogP contribution in [0.25, 0.3) is 0 Å². The lowest BCUT2D eigenvalue weighted by Gasteiger charge is -2.00. The van der Waals surface area contributed by atoms with Crippen LogP contribution in [0.3, 0.4) is 0 Å². The van der Waals surface area contributed by atoms with Gasteiger partial charge in [0.1, 0.15) is 0 Å². The summed E-state index contributed by atoms with van der Waals surface area (Å²) in [5, 5.41) is 13.6. The van der Waals surface area contributed by atoms with Crippen molar-refractivity contribution < 1.29 is 5.11 Å². The number of hydrogen-bond acceptors (Lipinski definition) is 3. The van der Waals surface area contributed by atoms with Crippen molar-refractivity contribution in [1.29, 1.82) is 0 Å². The molecule has 0 fully saturated rings. The zero-order chi connectivity index (χ0) is 13.1. The molecule has 0 bridgehead atoms. The second kappa shape index (κ2) is 5.69. The molecule has 0 amide bonds. The molecule has 1 aromatic carbocycles. The minimum absolute atomic E-state index is 0.106. The lowest BCUT2D eigenvalue weighted by molar-refractivity contribution is 0.272. The monoisotopic (exact) mass is 331 g/mol. The molecule has 2 aromatic rings. The van der Waals surface area contributed by atoms with Gasteiger partial charge in [0.2, 0.25) is 4.73 Å². The fraction of sp³-hybridized carbons (Fsp3) is 0.273. The Morgan fingerprint density at radius 2 is 2.00 bits per heavy atom. The Balaban J connectivity index is 2.27. The number of rotatable bonds is 4. The van der Waals surface area contributed by atoms with Crippen LogP contribution in [0.5, 0.6) is 0 Å². The van der Waals surface area contributed by atoms with Crippen molar-refractivity contribution in [3.63, 3.8) is 0 Å². The highest BCUT2D eigenvalue weighted by Gasteiger charge is 2.10. The van der Waals surface area contributed by atoms with Crippen LogP contribution in [-0.4, -0.2) is 26.1 Å². The average molecular weight is 333 g/mol. The van der Waals surface area contributed by atoms with Crippen molar-refractivity contribution in [2.75, 3.05) is 6.61 Å². The Hall–Kier alpha value is -1.11. The summed E-state index contributed by atoms with van der Waals surface area (Å²) in [4.78, 5) is 11.9. The third kappa shape index (κ3) is 2.82. The predicted molar refractivity (Wildman–Crippen MR) is 71.8 cm³/mol. The van der Waals surface area contributed by atoms with E-state index in [0.29, 0.717) is 16.3 Å². The number of aliphatic hydroxyl groups is 1. The van der Waals surface area contributed by atoms with Gasteiger partial charge in [0.25, 0.3) is 0 Å². The minimum atomic E-state index is -0.258. The molecule has 1 aromatic heterocycles. The zero-order valence-electron chi connectivity index (χ0n) is 9.38. The standard InChI is InChI=1S/C11H11BrClN3O2/c12-10-14-16(11(18)15(10)5-6-17)7-8-1-3-9(13)4-2-8/h1-4,17H,5-7H2. The van der Waals surface area contributed by atoms with Gasteiger partial charge < -0.3 is 5.11 Å². The van der Waals surface area contributed by atoms with Crippen LogP contribution in [0.1, 0.15) is 5.56 Å². The molecule has 5 nitrogen and oxygen atoms in total. The highest BCUT2D eigenvalue weighted by atomic mass is 79.9. The molecule has 1 N–H and O–H groups in total. The van der Waals surface area contributed by atoms with E-state index in [1.165, 1.54) is 9.25 Å². The number of benzene rings is 1. The van der Waals surface area contributed by atoms with Crippen LogP contribution in [0, 0.1) is 0 Å². The maximum absolute atomic E-state index is 11.9. The molecular weight excluding hydrogens is 321 g/mol. The summed E-state index contributed by atoms with van der Waals surface area (Å²) < 4.78 is 3.12. The van der Waals surface area contributed by atoms with E-state index in [9.17, 15) is 4.79 Å².